The molecule has 5 heterocycles. The first kappa shape index (κ1) is 16.5. The fourth-order valence-electron chi connectivity index (χ4n) is 6.05. The van der Waals surface area contributed by atoms with Crippen LogP contribution in [0.25, 0.3) is 16.6 Å². The molecule has 2 atom stereocenters. The number of hydrogen-bond donors (Lipinski definition) is 0. The third-order valence-electron chi connectivity index (χ3n) is 7.27. The Morgan fingerprint density at radius 3 is 2.93 bits per heavy atom. The SMILES string of the molecule is CCC12C=C(c3cncc(C)n3)n3c4c(c5ccccc53)CCN(CCC1)[C@H]42. The van der Waals surface area contributed by atoms with Crippen molar-refractivity contribution >= 4 is 16.6 Å². The van der Waals surface area contributed by atoms with Crippen LogP contribution in [-0.2, 0) is 6.42 Å². The summed E-state index contributed by atoms with van der Waals surface area (Å²) in [4.78, 5) is 12.1. The third kappa shape index (κ3) is 2.04. The summed E-state index contributed by atoms with van der Waals surface area (Å²) in [6.07, 6.45) is 11.2. The topological polar surface area (TPSA) is 34.0 Å². The fraction of sp³-hybridized carbons (Fsp3) is 0.417. The first-order valence-electron chi connectivity index (χ1n) is 10.6. The highest BCUT2D eigenvalue weighted by Crippen LogP contribution is 2.57. The quantitative estimate of drug-likeness (QED) is 0.654. The molecule has 1 fully saturated rings. The van der Waals surface area contributed by atoms with E-state index in [2.05, 4.69) is 51.7 Å². The van der Waals surface area contributed by atoms with E-state index < -0.39 is 0 Å². The van der Waals surface area contributed by atoms with Crippen LogP contribution >= 0.6 is 0 Å². The van der Waals surface area contributed by atoms with E-state index in [1.807, 2.05) is 19.3 Å². The maximum absolute atomic E-state index is 4.89. The maximum Gasteiger partial charge on any atom is 0.105 e. The fourth-order valence-corrected chi connectivity index (χ4v) is 6.05. The van der Waals surface area contributed by atoms with Crippen LogP contribution in [0.2, 0.25) is 0 Å². The molecule has 142 valence electrons. The van der Waals surface area contributed by atoms with Crippen molar-refractivity contribution in [3.63, 3.8) is 0 Å². The molecule has 0 spiro atoms. The van der Waals surface area contributed by atoms with E-state index in [-0.39, 0.29) is 5.41 Å². The molecular weight excluding hydrogens is 344 g/mol. The normalized spacial score (nSPS) is 26.2. The number of piperidine rings is 1. The van der Waals surface area contributed by atoms with Gasteiger partial charge in [-0.25, -0.2) is 4.98 Å². The van der Waals surface area contributed by atoms with E-state index in [0.717, 1.165) is 24.2 Å². The molecule has 1 saturated heterocycles. The molecule has 0 N–H and O–H groups in total. The van der Waals surface area contributed by atoms with Crippen LogP contribution in [0.4, 0.5) is 0 Å². The lowest BCUT2D eigenvalue weighted by atomic mass is 9.66. The van der Waals surface area contributed by atoms with E-state index in [4.69, 9.17) is 4.98 Å². The van der Waals surface area contributed by atoms with E-state index in [0.29, 0.717) is 6.04 Å². The average molecular weight is 371 g/mol. The van der Waals surface area contributed by atoms with Gasteiger partial charge in [0.05, 0.1) is 29.1 Å². The Bertz CT molecular complexity index is 1120. The Hall–Kier alpha value is -2.46. The Morgan fingerprint density at radius 2 is 2.07 bits per heavy atom. The summed E-state index contributed by atoms with van der Waals surface area (Å²) in [5, 5.41) is 1.42. The van der Waals surface area contributed by atoms with Gasteiger partial charge in [0.15, 0.2) is 0 Å². The predicted molar refractivity (Wildman–Crippen MR) is 112 cm³/mol. The number of fused-ring (bicyclic) bond motifs is 3. The Kier molecular flexibility index (Phi) is 3.40. The van der Waals surface area contributed by atoms with Gasteiger partial charge in [0, 0.05) is 29.2 Å². The van der Waals surface area contributed by atoms with Crippen molar-refractivity contribution in [1.82, 2.24) is 19.4 Å². The minimum Gasteiger partial charge on any atom is -0.310 e. The number of aryl methyl sites for hydroxylation is 1. The minimum absolute atomic E-state index is 0.193. The summed E-state index contributed by atoms with van der Waals surface area (Å²) in [5.74, 6) is 0. The van der Waals surface area contributed by atoms with Gasteiger partial charge in [-0.05, 0) is 56.9 Å². The molecule has 0 aliphatic carbocycles. The molecular formula is C24H26N4. The molecule has 1 aromatic carbocycles. The number of hydrogen-bond acceptors (Lipinski definition) is 3. The average Bonchev–Trinajstić information content (AvgIpc) is 3.07. The van der Waals surface area contributed by atoms with Gasteiger partial charge in [-0.2, -0.15) is 0 Å². The summed E-state index contributed by atoms with van der Waals surface area (Å²) in [7, 11) is 0. The molecule has 6 rings (SSSR count). The van der Waals surface area contributed by atoms with Crippen LogP contribution in [0.1, 0.15) is 54.9 Å². The molecule has 28 heavy (non-hydrogen) atoms. The van der Waals surface area contributed by atoms with Crippen LogP contribution in [0.5, 0.6) is 0 Å². The lowest BCUT2D eigenvalue weighted by Gasteiger charge is -2.53. The van der Waals surface area contributed by atoms with Crippen molar-refractivity contribution in [3.05, 3.63) is 65.4 Å². The maximum atomic E-state index is 4.89. The first-order chi connectivity index (χ1) is 13.7. The van der Waals surface area contributed by atoms with Gasteiger partial charge in [0.1, 0.15) is 5.69 Å². The number of rotatable bonds is 2. The van der Waals surface area contributed by atoms with E-state index in [9.17, 15) is 0 Å². The molecule has 0 saturated carbocycles. The van der Waals surface area contributed by atoms with E-state index in [1.54, 1.807) is 5.56 Å². The zero-order chi connectivity index (χ0) is 18.9. The van der Waals surface area contributed by atoms with E-state index >= 15 is 0 Å². The van der Waals surface area contributed by atoms with Crippen molar-refractivity contribution in [3.8, 4) is 0 Å². The molecule has 0 amide bonds. The van der Waals surface area contributed by atoms with Gasteiger partial charge in [-0.1, -0.05) is 25.1 Å². The van der Waals surface area contributed by atoms with Crippen LogP contribution in [0, 0.1) is 12.3 Å². The summed E-state index contributed by atoms with van der Waals surface area (Å²) in [5.41, 5.74) is 7.80. The van der Waals surface area contributed by atoms with Crippen molar-refractivity contribution in [2.24, 2.45) is 5.41 Å². The molecule has 0 bridgehead atoms. The molecule has 4 heteroatoms. The predicted octanol–water partition coefficient (Wildman–Crippen LogP) is 4.73. The smallest absolute Gasteiger partial charge is 0.105 e. The van der Waals surface area contributed by atoms with Crippen molar-refractivity contribution in [2.45, 2.75) is 45.6 Å². The summed E-state index contributed by atoms with van der Waals surface area (Å²) in [6.45, 7) is 6.80. The summed E-state index contributed by atoms with van der Waals surface area (Å²) >= 11 is 0. The molecule has 2 aromatic heterocycles. The van der Waals surface area contributed by atoms with Crippen LogP contribution in [-0.4, -0.2) is 32.5 Å². The zero-order valence-electron chi connectivity index (χ0n) is 16.7. The van der Waals surface area contributed by atoms with Crippen molar-refractivity contribution in [1.29, 1.82) is 0 Å². The first-order valence-corrected chi connectivity index (χ1v) is 10.6. The number of nitrogens with zero attached hydrogens (tertiary/aromatic N) is 4. The molecule has 0 radical (unpaired) electrons. The largest absolute Gasteiger partial charge is 0.310 e. The van der Waals surface area contributed by atoms with Crippen molar-refractivity contribution < 1.29 is 0 Å². The van der Waals surface area contributed by atoms with Crippen LogP contribution < -0.4 is 0 Å². The molecule has 3 aliphatic rings. The lowest BCUT2D eigenvalue weighted by molar-refractivity contribution is 0.0271. The zero-order valence-corrected chi connectivity index (χ0v) is 16.7. The van der Waals surface area contributed by atoms with E-state index in [1.165, 1.54) is 48.2 Å². The Morgan fingerprint density at radius 1 is 1.18 bits per heavy atom. The van der Waals surface area contributed by atoms with Gasteiger partial charge < -0.3 is 4.57 Å². The highest BCUT2D eigenvalue weighted by atomic mass is 15.2. The number of aromatic nitrogens is 3. The number of benzene rings is 1. The highest BCUT2D eigenvalue weighted by Gasteiger charge is 2.50. The molecule has 3 aromatic rings. The Balaban J connectivity index is 1.73. The highest BCUT2D eigenvalue weighted by molar-refractivity contribution is 5.91. The summed E-state index contributed by atoms with van der Waals surface area (Å²) in [6, 6.07) is 9.42. The van der Waals surface area contributed by atoms with Crippen LogP contribution in [0.3, 0.4) is 0 Å². The lowest BCUT2D eigenvalue weighted by Crippen LogP contribution is -2.50. The monoisotopic (exact) mass is 370 g/mol. The second kappa shape index (κ2) is 5.77. The van der Waals surface area contributed by atoms with Gasteiger partial charge in [0.25, 0.3) is 0 Å². The second-order valence-corrected chi connectivity index (χ2v) is 8.67. The van der Waals surface area contributed by atoms with Gasteiger partial charge in [-0.3, -0.25) is 9.88 Å². The standard InChI is InChI=1S/C24H26N4/c1-3-24-10-6-11-27-12-9-18-17-7-4-5-8-20(17)28(22(18)23(24)27)21(13-24)19-15-25-14-16(2)26-19/h4-5,7-8,13-15,23H,3,6,9-12H2,1-2H3/t23-,24?/m1/s1. The Labute approximate surface area is 165 Å². The van der Waals surface area contributed by atoms with Crippen LogP contribution in [0.15, 0.2) is 42.7 Å². The van der Waals surface area contributed by atoms with Gasteiger partial charge in [0.2, 0.25) is 0 Å². The molecule has 4 nitrogen and oxygen atoms in total. The van der Waals surface area contributed by atoms with Gasteiger partial charge in [-0.15, -0.1) is 0 Å². The van der Waals surface area contributed by atoms with Gasteiger partial charge >= 0.3 is 0 Å². The number of para-hydroxylation sites is 1. The molecule has 3 aliphatic heterocycles. The van der Waals surface area contributed by atoms with Crippen molar-refractivity contribution in [2.75, 3.05) is 13.1 Å². The second-order valence-electron chi connectivity index (χ2n) is 8.67. The summed E-state index contributed by atoms with van der Waals surface area (Å²) < 4.78 is 2.52. The molecule has 1 unspecified atom stereocenters. The minimum atomic E-state index is 0.193. The third-order valence-corrected chi connectivity index (χ3v) is 7.27.